The van der Waals surface area contributed by atoms with Crippen LogP contribution < -0.4 is 4.74 Å². The SMILES string of the molecule is N#Cc1ccc(O[C@H]2CC[C@H](N3Cc4ccccc4C3=O)CC2)cc1C(F)(F)F. The fourth-order valence-corrected chi connectivity index (χ4v) is 4.17. The molecule has 0 aromatic heterocycles. The lowest BCUT2D eigenvalue weighted by atomic mass is 9.92. The van der Waals surface area contributed by atoms with Crippen molar-refractivity contribution >= 4 is 5.91 Å². The molecule has 1 aliphatic carbocycles. The van der Waals surface area contributed by atoms with Crippen LogP contribution in [-0.2, 0) is 12.7 Å². The van der Waals surface area contributed by atoms with Gasteiger partial charge in [0, 0.05) is 18.2 Å². The third kappa shape index (κ3) is 3.80. The first-order valence-corrected chi connectivity index (χ1v) is 9.53. The van der Waals surface area contributed by atoms with E-state index in [0.717, 1.165) is 36.1 Å². The molecule has 1 amide bonds. The van der Waals surface area contributed by atoms with E-state index < -0.39 is 17.3 Å². The van der Waals surface area contributed by atoms with Gasteiger partial charge < -0.3 is 9.64 Å². The van der Waals surface area contributed by atoms with Crippen LogP contribution in [0.1, 0.15) is 52.7 Å². The number of carbonyl (C=O) groups is 1. The van der Waals surface area contributed by atoms with Crippen LogP contribution in [0.5, 0.6) is 5.75 Å². The average Bonchev–Trinajstić information content (AvgIpc) is 3.05. The van der Waals surface area contributed by atoms with Crippen molar-refractivity contribution in [1.82, 2.24) is 4.90 Å². The van der Waals surface area contributed by atoms with E-state index in [-0.39, 0.29) is 23.8 Å². The van der Waals surface area contributed by atoms with Crippen LogP contribution in [0.4, 0.5) is 13.2 Å². The molecule has 0 unspecified atom stereocenters. The van der Waals surface area contributed by atoms with Gasteiger partial charge in [0.15, 0.2) is 0 Å². The number of hydrogen-bond acceptors (Lipinski definition) is 3. The molecule has 0 saturated heterocycles. The van der Waals surface area contributed by atoms with E-state index in [1.807, 2.05) is 29.2 Å². The summed E-state index contributed by atoms with van der Waals surface area (Å²) in [6.07, 6.45) is -2.01. The number of rotatable bonds is 3. The van der Waals surface area contributed by atoms with Crippen molar-refractivity contribution in [3.63, 3.8) is 0 Å². The smallest absolute Gasteiger partial charge is 0.417 e. The number of benzene rings is 2. The van der Waals surface area contributed by atoms with Crippen molar-refractivity contribution in [3.05, 3.63) is 64.7 Å². The van der Waals surface area contributed by atoms with Gasteiger partial charge in [-0.1, -0.05) is 18.2 Å². The van der Waals surface area contributed by atoms with Crippen LogP contribution in [0.3, 0.4) is 0 Å². The number of fused-ring (bicyclic) bond motifs is 1. The summed E-state index contributed by atoms with van der Waals surface area (Å²) in [6, 6.07) is 12.7. The second-order valence-electron chi connectivity index (χ2n) is 7.46. The first-order valence-electron chi connectivity index (χ1n) is 9.53. The van der Waals surface area contributed by atoms with Gasteiger partial charge in [-0.3, -0.25) is 4.79 Å². The third-order valence-electron chi connectivity index (χ3n) is 5.65. The highest BCUT2D eigenvalue weighted by molar-refractivity contribution is 5.98. The maximum absolute atomic E-state index is 13.1. The van der Waals surface area contributed by atoms with Crippen molar-refractivity contribution in [1.29, 1.82) is 5.26 Å². The van der Waals surface area contributed by atoms with Gasteiger partial charge in [0.2, 0.25) is 0 Å². The van der Waals surface area contributed by atoms with Crippen molar-refractivity contribution < 1.29 is 22.7 Å². The normalized spacial score (nSPS) is 21.6. The van der Waals surface area contributed by atoms with E-state index in [0.29, 0.717) is 19.4 Å². The fourth-order valence-electron chi connectivity index (χ4n) is 4.17. The summed E-state index contributed by atoms with van der Waals surface area (Å²) in [6.45, 7) is 0.607. The molecule has 2 aromatic carbocycles. The highest BCUT2D eigenvalue weighted by atomic mass is 19.4. The number of halogens is 3. The second kappa shape index (κ2) is 7.43. The fraction of sp³-hybridized carbons (Fsp3) is 0.364. The molecule has 0 spiro atoms. The van der Waals surface area contributed by atoms with Crippen LogP contribution in [0.2, 0.25) is 0 Å². The number of ether oxygens (including phenoxy) is 1. The lowest BCUT2D eigenvalue weighted by Gasteiger charge is -2.34. The second-order valence-corrected chi connectivity index (χ2v) is 7.46. The largest absolute Gasteiger partial charge is 0.490 e. The summed E-state index contributed by atoms with van der Waals surface area (Å²) in [5.41, 5.74) is 0.392. The van der Waals surface area contributed by atoms with E-state index in [4.69, 9.17) is 10.00 Å². The van der Waals surface area contributed by atoms with Gasteiger partial charge in [-0.25, -0.2) is 0 Å². The quantitative estimate of drug-likeness (QED) is 0.735. The predicted octanol–water partition coefficient (Wildman–Crippen LogP) is 4.92. The molecule has 0 N–H and O–H groups in total. The van der Waals surface area contributed by atoms with Crippen molar-refractivity contribution in [2.45, 2.75) is 50.6 Å². The Morgan fingerprint density at radius 1 is 1.07 bits per heavy atom. The molecule has 0 radical (unpaired) electrons. The molecule has 29 heavy (non-hydrogen) atoms. The summed E-state index contributed by atoms with van der Waals surface area (Å²) in [7, 11) is 0. The van der Waals surface area contributed by atoms with E-state index in [2.05, 4.69) is 0 Å². The van der Waals surface area contributed by atoms with Gasteiger partial charge in [0.05, 0.1) is 23.3 Å². The van der Waals surface area contributed by atoms with E-state index in [1.165, 1.54) is 6.07 Å². The van der Waals surface area contributed by atoms with Gasteiger partial charge in [-0.05, 0) is 55.5 Å². The van der Waals surface area contributed by atoms with Crippen LogP contribution in [0.15, 0.2) is 42.5 Å². The summed E-state index contributed by atoms with van der Waals surface area (Å²) in [4.78, 5) is 14.5. The van der Waals surface area contributed by atoms with Crippen LogP contribution in [0, 0.1) is 11.3 Å². The number of nitrogens with zero attached hydrogens (tertiary/aromatic N) is 2. The zero-order chi connectivity index (χ0) is 20.6. The van der Waals surface area contributed by atoms with E-state index >= 15 is 0 Å². The molecule has 0 atom stereocenters. The molecular weight excluding hydrogens is 381 g/mol. The topological polar surface area (TPSA) is 53.3 Å². The van der Waals surface area contributed by atoms with Gasteiger partial charge in [-0.15, -0.1) is 0 Å². The Hall–Kier alpha value is -3.01. The molecule has 1 fully saturated rings. The molecule has 2 aliphatic rings. The zero-order valence-electron chi connectivity index (χ0n) is 15.6. The van der Waals surface area contributed by atoms with E-state index in [1.54, 1.807) is 6.07 Å². The lowest BCUT2D eigenvalue weighted by Crippen LogP contribution is -2.40. The molecule has 2 aromatic rings. The molecule has 150 valence electrons. The average molecular weight is 400 g/mol. The summed E-state index contributed by atoms with van der Waals surface area (Å²) >= 11 is 0. The molecule has 1 saturated carbocycles. The molecule has 0 bridgehead atoms. The van der Waals surface area contributed by atoms with Crippen LogP contribution in [0.25, 0.3) is 0 Å². The molecule has 7 heteroatoms. The monoisotopic (exact) mass is 400 g/mol. The highest BCUT2D eigenvalue weighted by Gasteiger charge is 2.36. The van der Waals surface area contributed by atoms with Crippen molar-refractivity contribution in [2.75, 3.05) is 0 Å². The highest BCUT2D eigenvalue weighted by Crippen LogP contribution is 2.36. The minimum atomic E-state index is -4.60. The summed E-state index contributed by atoms with van der Waals surface area (Å²) in [5.74, 6) is 0.163. The standard InChI is InChI=1S/C22H19F3N2O2/c23-22(24,25)20-11-18(8-5-14(20)12-26)29-17-9-6-16(7-10-17)27-13-15-3-1-2-4-19(15)21(27)28/h1-5,8,11,16-17H,6-7,9-10,13H2/t16-,17-. The van der Waals surface area contributed by atoms with Gasteiger partial charge in [0.25, 0.3) is 5.91 Å². The molecule has 4 rings (SSSR count). The summed E-state index contributed by atoms with van der Waals surface area (Å²) < 4.78 is 45.1. The number of nitriles is 1. The number of alkyl halides is 3. The summed E-state index contributed by atoms with van der Waals surface area (Å²) in [5, 5.41) is 8.89. The molecule has 1 aliphatic heterocycles. The lowest BCUT2D eigenvalue weighted by molar-refractivity contribution is -0.137. The maximum atomic E-state index is 13.1. The third-order valence-corrected chi connectivity index (χ3v) is 5.65. The zero-order valence-corrected chi connectivity index (χ0v) is 15.6. The maximum Gasteiger partial charge on any atom is 0.417 e. The van der Waals surface area contributed by atoms with Gasteiger partial charge in [0.1, 0.15) is 5.75 Å². The Balaban J connectivity index is 1.39. The van der Waals surface area contributed by atoms with Gasteiger partial charge in [-0.2, -0.15) is 18.4 Å². The van der Waals surface area contributed by atoms with Gasteiger partial charge >= 0.3 is 6.18 Å². The minimum Gasteiger partial charge on any atom is -0.490 e. The Kier molecular flexibility index (Phi) is 4.95. The molecule has 1 heterocycles. The van der Waals surface area contributed by atoms with E-state index in [9.17, 15) is 18.0 Å². The number of amides is 1. The number of hydrogen-bond donors (Lipinski definition) is 0. The number of carbonyl (C=O) groups excluding carboxylic acids is 1. The Morgan fingerprint density at radius 2 is 1.79 bits per heavy atom. The van der Waals surface area contributed by atoms with Crippen molar-refractivity contribution in [3.8, 4) is 11.8 Å². The Bertz CT molecular complexity index is 973. The Labute approximate surface area is 166 Å². The Morgan fingerprint density at radius 3 is 2.45 bits per heavy atom. The molecular formula is C22H19F3N2O2. The first kappa shape index (κ1) is 19.3. The first-order chi connectivity index (χ1) is 13.9. The van der Waals surface area contributed by atoms with Crippen LogP contribution in [-0.4, -0.2) is 23.0 Å². The van der Waals surface area contributed by atoms with Crippen LogP contribution >= 0.6 is 0 Å². The minimum absolute atomic E-state index is 0.0480. The molecule has 4 nitrogen and oxygen atoms in total. The van der Waals surface area contributed by atoms with Crippen molar-refractivity contribution in [2.24, 2.45) is 0 Å². The predicted molar refractivity (Wildman–Crippen MR) is 99.1 cm³/mol.